The van der Waals surface area contributed by atoms with Crippen LogP contribution in [0.25, 0.3) is 0 Å². The topological polar surface area (TPSA) is 68.3 Å². The van der Waals surface area contributed by atoms with Gasteiger partial charge in [0.15, 0.2) is 0 Å². The van der Waals surface area contributed by atoms with Gasteiger partial charge >= 0.3 is 0 Å². The van der Waals surface area contributed by atoms with E-state index < -0.39 is 10.0 Å². The first-order valence-electron chi connectivity index (χ1n) is 6.35. The first-order valence-corrected chi connectivity index (χ1v) is 7.79. The van der Waals surface area contributed by atoms with Gasteiger partial charge in [-0.2, -0.15) is 4.31 Å². The van der Waals surface area contributed by atoms with Gasteiger partial charge in [0.25, 0.3) is 0 Å². The van der Waals surface area contributed by atoms with Crippen molar-refractivity contribution in [2.24, 2.45) is 18.2 Å². The number of aromatic nitrogens is 1. The van der Waals surface area contributed by atoms with E-state index in [1.165, 1.54) is 4.31 Å². The highest BCUT2D eigenvalue weighted by atomic mass is 32.2. The van der Waals surface area contributed by atoms with E-state index in [0.29, 0.717) is 11.4 Å². The third-order valence-corrected chi connectivity index (χ3v) is 5.66. The van der Waals surface area contributed by atoms with E-state index in [-0.39, 0.29) is 11.5 Å². The summed E-state index contributed by atoms with van der Waals surface area (Å²) in [6.07, 6.45) is 1.61. The largest absolute Gasteiger partial charge is 0.352 e. The van der Waals surface area contributed by atoms with Crippen molar-refractivity contribution < 1.29 is 8.42 Å². The smallest absolute Gasteiger partial charge is 0.244 e. The molecule has 6 heteroatoms. The molecule has 19 heavy (non-hydrogen) atoms. The Bertz CT molecular complexity index is 541. The van der Waals surface area contributed by atoms with Gasteiger partial charge in [-0.25, -0.2) is 8.42 Å². The lowest BCUT2D eigenvalue weighted by molar-refractivity contribution is 0.216. The van der Waals surface area contributed by atoms with Gasteiger partial charge in [-0.3, -0.25) is 0 Å². The molecule has 0 aliphatic carbocycles. The summed E-state index contributed by atoms with van der Waals surface area (Å²) in [7, 11) is -0.0508. The van der Waals surface area contributed by atoms with Gasteiger partial charge in [0.2, 0.25) is 10.0 Å². The van der Waals surface area contributed by atoms with Crippen molar-refractivity contribution >= 4 is 10.0 Å². The van der Waals surface area contributed by atoms with E-state index >= 15 is 0 Å². The van der Waals surface area contributed by atoms with E-state index in [0.717, 1.165) is 5.69 Å². The van der Waals surface area contributed by atoms with Crippen molar-refractivity contribution in [3.8, 4) is 0 Å². The van der Waals surface area contributed by atoms with Crippen molar-refractivity contribution in [3.05, 3.63) is 18.0 Å². The van der Waals surface area contributed by atoms with Crippen molar-refractivity contribution in [1.29, 1.82) is 0 Å². The zero-order valence-electron chi connectivity index (χ0n) is 12.6. The molecule has 110 valence electrons. The standard InChI is InChI=1S/C13H25N3O2S/c1-10(13(2,3)4)16(6)19(17,18)12-7-11(8-14)15(5)9-12/h7,9-10H,8,14H2,1-6H3. The molecule has 0 saturated heterocycles. The lowest BCUT2D eigenvalue weighted by atomic mass is 9.88. The van der Waals surface area contributed by atoms with Crippen LogP contribution in [-0.4, -0.2) is 30.4 Å². The Morgan fingerprint density at radius 1 is 1.42 bits per heavy atom. The lowest BCUT2D eigenvalue weighted by Crippen LogP contribution is -2.42. The highest BCUT2D eigenvalue weighted by Gasteiger charge is 2.33. The first-order chi connectivity index (χ1) is 8.51. The van der Waals surface area contributed by atoms with Crippen LogP contribution >= 0.6 is 0 Å². The van der Waals surface area contributed by atoms with Gasteiger partial charge in [0.05, 0.1) is 0 Å². The first kappa shape index (κ1) is 16.2. The fraction of sp³-hybridized carbons (Fsp3) is 0.692. The van der Waals surface area contributed by atoms with Gasteiger partial charge in [-0.05, 0) is 18.4 Å². The minimum atomic E-state index is -3.48. The summed E-state index contributed by atoms with van der Waals surface area (Å²) < 4.78 is 28.3. The normalized spacial score (nSPS) is 14.9. The van der Waals surface area contributed by atoms with Crippen molar-refractivity contribution in [1.82, 2.24) is 8.87 Å². The predicted molar refractivity (Wildman–Crippen MR) is 77.2 cm³/mol. The summed E-state index contributed by atoms with van der Waals surface area (Å²) in [6, 6.07) is 1.54. The van der Waals surface area contributed by atoms with Crippen LogP contribution in [0.3, 0.4) is 0 Å². The Labute approximate surface area is 116 Å². The predicted octanol–water partition coefficient (Wildman–Crippen LogP) is 1.54. The molecule has 1 heterocycles. The molecule has 1 aromatic heterocycles. The molecule has 5 nitrogen and oxygen atoms in total. The summed E-state index contributed by atoms with van der Waals surface area (Å²) in [6.45, 7) is 8.33. The van der Waals surface area contributed by atoms with Gasteiger partial charge in [0.1, 0.15) is 4.90 Å². The maximum absolute atomic E-state index is 12.6. The molecule has 0 bridgehead atoms. The van der Waals surface area contributed by atoms with Gasteiger partial charge in [-0.1, -0.05) is 20.8 Å². The van der Waals surface area contributed by atoms with E-state index in [1.54, 1.807) is 30.9 Å². The summed E-state index contributed by atoms with van der Waals surface area (Å²) in [5, 5.41) is 0. The molecule has 1 atom stereocenters. The Morgan fingerprint density at radius 2 is 1.95 bits per heavy atom. The molecule has 0 aliphatic heterocycles. The van der Waals surface area contributed by atoms with Crippen LogP contribution in [0.5, 0.6) is 0 Å². The Hall–Kier alpha value is -0.850. The molecular formula is C13H25N3O2S. The summed E-state index contributed by atoms with van der Waals surface area (Å²) in [5.74, 6) is 0. The molecule has 1 unspecified atom stereocenters. The molecule has 0 radical (unpaired) electrons. The highest BCUT2D eigenvalue weighted by molar-refractivity contribution is 7.89. The second-order valence-electron chi connectivity index (χ2n) is 6.05. The zero-order valence-corrected chi connectivity index (χ0v) is 13.5. The molecule has 0 saturated carbocycles. The van der Waals surface area contributed by atoms with E-state index in [2.05, 4.69) is 0 Å². The number of sulfonamides is 1. The summed E-state index contributed by atoms with van der Waals surface area (Å²) in [5.41, 5.74) is 6.27. The SMILES string of the molecule is CC(N(C)S(=O)(=O)c1cc(CN)n(C)c1)C(C)(C)C. The van der Waals surface area contributed by atoms with Gasteiger partial charge < -0.3 is 10.3 Å². The number of hydrogen-bond donors (Lipinski definition) is 1. The van der Waals surface area contributed by atoms with E-state index in [1.807, 2.05) is 27.7 Å². The van der Waals surface area contributed by atoms with Crippen LogP contribution in [0.15, 0.2) is 17.2 Å². The van der Waals surface area contributed by atoms with Crippen molar-refractivity contribution in [2.75, 3.05) is 7.05 Å². The number of aryl methyl sites for hydroxylation is 1. The third-order valence-electron chi connectivity index (χ3n) is 3.77. The Kier molecular flexibility index (Phi) is 4.49. The number of hydrogen-bond acceptors (Lipinski definition) is 3. The number of nitrogens with zero attached hydrogens (tertiary/aromatic N) is 2. The summed E-state index contributed by atoms with van der Waals surface area (Å²) in [4.78, 5) is 0.300. The molecule has 1 aromatic rings. The fourth-order valence-corrected chi connectivity index (χ4v) is 3.48. The molecule has 0 fully saturated rings. The zero-order chi connectivity index (χ0) is 15.0. The van der Waals surface area contributed by atoms with Crippen LogP contribution in [0.4, 0.5) is 0 Å². The quantitative estimate of drug-likeness (QED) is 0.913. The van der Waals surface area contributed by atoms with Crippen molar-refractivity contribution in [3.63, 3.8) is 0 Å². The molecular weight excluding hydrogens is 262 g/mol. The maximum Gasteiger partial charge on any atom is 0.244 e. The van der Waals surface area contributed by atoms with Crippen LogP contribution in [0.2, 0.25) is 0 Å². The third kappa shape index (κ3) is 3.19. The minimum absolute atomic E-state index is 0.0981. The Morgan fingerprint density at radius 3 is 2.32 bits per heavy atom. The fourth-order valence-electron chi connectivity index (χ4n) is 1.84. The molecule has 2 N–H and O–H groups in total. The van der Waals surface area contributed by atoms with Crippen LogP contribution in [0.1, 0.15) is 33.4 Å². The van der Waals surface area contributed by atoms with Crippen LogP contribution in [-0.2, 0) is 23.6 Å². The average molecular weight is 287 g/mol. The molecule has 0 spiro atoms. The highest BCUT2D eigenvalue weighted by Crippen LogP contribution is 2.28. The minimum Gasteiger partial charge on any atom is -0.352 e. The van der Waals surface area contributed by atoms with Crippen LogP contribution < -0.4 is 5.73 Å². The number of nitrogens with two attached hydrogens (primary N) is 1. The van der Waals surface area contributed by atoms with Crippen molar-refractivity contribution in [2.45, 2.75) is 45.2 Å². The molecule has 0 amide bonds. The summed E-state index contributed by atoms with van der Waals surface area (Å²) >= 11 is 0. The molecule has 0 aliphatic rings. The second-order valence-corrected chi connectivity index (χ2v) is 8.04. The average Bonchev–Trinajstić information content (AvgIpc) is 2.67. The van der Waals surface area contributed by atoms with Gasteiger partial charge in [-0.15, -0.1) is 0 Å². The van der Waals surface area contributed by atoms with Gasteiger partial charge in [0, 0.05) is 38.6 Å². The molecule has 0 aromatic carbocycles. The van der Waals surface area contributed by atoms with Crippen LogP contribution in [0, 0.1) is 5.41 Å². The molecule has 1 rings (SSSR count). The second kappa shape index (κ2) is 5.26. The monoisotopic (exact) mass is 287 g/mol. The Balaban J connectivity index is 3.16. The lowest BCUT2D eigenvalue weighted by Gasteiger charge is -2.34. The van der Waals surface area contributed by atoms with E-state index in [9.17, 15) is 8.42 Å². The van der Waals surface area contributed by atoms with E-state index in [4.69, 9.17) is 5.73 Å². The number of rotatable bonds is 4. The maximum atomic E-state index is 12.6.